The Labute approximate surface area is 125 Å². The molecule has 1 saturated carbocycles. The van der Waals surface area contributed by atoms with Crippen molar-refractivity contribution in [3.63, 3.8) is 0 Å². The second-order valence-corrected chi connectivity index (χ2v) is 6.45. The largest absolute Gasteiger partial charge is 0.395 e. The van der Waals surface area contributed by atoms with Gasteiger partial charge in [-0.05, 0) is 43.0 Å². The molecule has 0 atom stereocenters. The third-order valence-electron chi connectivity index (χ3n) is 3.10. The highest BCUT2D eigenvalue weighted by atomic mass is 32.2. The summed E-state index contributed by atoms with van der Waals surface area (Å²) in [6.45, 7) is 2.00. The molecular formula is C15H20N2O3S. The van der Waals surface area contributed by atoms with Crippen molar-refractivity contribution in [2.45, 2.75) is 38.6 Å². The average molecular weight is 308 g/mol. The number of hydrogen-bond acceptors (Lipinski definition) is 3. The van der Waals surface area contributed by atoms with Crippen LogP contribution in [0, 0.1) is 11.8 Å². The molecule has 0 unspecified atom stereocenters. The summed E-state index contributed by atoms with van der Waals surface area (Å²) < 4.78 is 29.0. The quantitative estimate of drug-likeness (QED) is 0.695. The van der Waals surface area contributed by atoms with Crippen molar-refractivity contribution >= 4 is 15.9 Å². The Hall–Kier alpha value is -1.55. The molecule has 6 heteroatoms. The summed E-state index contributed by atoms with van der Waals surface area (Å²) in [7, 11) is -3.51. The van der Waals surface area contributed by atoms with E-state index in [9.17, 15) is 8.42 Å². The molecule has 2 rings (SSSR count). The van der Waals surface area contributed by atoms with E-state index >= 15 is 0 Å². The summed E-state index contributed by atoms with van der Waals surface area (Å²) in [5.41, 5.74) is 2.30. The fourth-order valence-electron chi connectivity index (χ4n) is 1.88. The molecule has 0 bridgehead atoms. The number of anilines is 1. The number of rotatable bonds is 6. The Morgan fingerprint density at radius 1 is 1.38 bits per heavy atom. The van der Waals surface area contributed by atoms with Crippen molar-refractivity contribution in [1.82, 2.24) is 4.72 Å². The zero-order chi connectivity index (χ0) is 15.3. The number of benzene rings is 1. The van der Waals surface area contributed by atoms with E-state index in [1.54, 1.807) is 12.1 Å². The lowest BCUT2D eigenvalue weighted by molar-refractivity contribution is 0.305. The number of aliphatic hydroxyl groups excluding tert-OH is 1. The number of aliphatic hydroxyl groups is 1. The summed E-state index contributed by atoms with van der Waals surface area (Å²) in [6.07, 6.45) is 2.94. The predicted molar refractivity (Wildman–Crippen MR) is 83.1 cm³/mol. The van der Waals surface area contributed by atoms with E-state index in [4.69, 9.17) is 5.11 Å². The van der Waals surface area contributed by atoms with Gasteiger partial charge in [0.05, 0.1) is 12.3 Å². The van der Waals surface area contributed by atoms with Crippen molar-refractivity contribution in [3.05, 3.63) is 29.3 Å². The Balaban J connectivity index is 2.14. The van der Waals surface area contributed by atoms with Crippen molar-refractivity contribution in [2.75, 3.05) is 11.3 Å². The summed E-state index contributed by atoms with van der Waals surface area (Å²) in [5, 5.41) is 8.71. The van der Waals surface area contributed by atoms with Crippen LogP contribution in [0.3, 0.4) is 0 Å². The first-order valence-electron chi connectivity index (χ1n) is 7.07. The summed E-state index contributed by atoms with van der Waals surface area (Å²) in [5.74, 6) is 5.80. The van der Waals surface area contributed by atoms with E-state index in [-0.39, 0.29) is 12.6 Å². The second kappa shape index (κ2) is 6.94. The van der Waals surface area contributed by atoms with Crippen LogP contribution in [0.25, 0.3) is 0 Å². The minimum absolute atomic E-state index is 0.0400. The highest BCUT2D eigenvalue weighted by Gasteiger charge is 2.27. The van der Waals surface area contributed by atoms with Gasteiger partial charge < -0.3 is 5.11 Å². The van der Waals surface area contributed by atoms with Crippen molar-refractivity contribution in [2.24, 2.45) is 0 Å². The van der Waals surface area contributed by atoms with Gasteiger partial charge in [0.25, 0.3) is 10.2 Å². The lowest BCUT2D eigenvalue weighted by Gasteiger charge is -2.12. The van der Waals surface area contributed by atoms with E-state index in [1.165, 1.54) is 0 Å². The van der Waals surface area contributed by atoms with Gasteiger partial charge in [0.15, 0.2) is 0 Å². The van der Waals surface area contributed by atoms with E-state index in [0.717, 1.165) is 24.0 Å². The molecule has 21 heavy (non-hydrogen) atoms. The molecular weight excluding hydrogens is 288 g/mol. The van der Waals surface area contributed by atoms with Gasteiger partial charge >= 0.3 is 0 Å². The third-order valence-corrected chi connectivity index (χ3v) is 4.23. The van der Waals surface area contributed by atoms with Crippen LogP contribution in [0.2, 0.25) is 0 Å². The van der Waals surface area contributed by atoms with Crippen LogP contribution in [0.15, 0.2) is 18.2 Å². The molecule has 0 saturated heterocycles. The first-order chi connectivity index (χ1) is 10.0. The Morgan fingerprint density at radius 2 is 2.14 bits per heavy atom. The van der Waals surface area contributed by atoms with Gasteiger partial charge in [-0.3, -0.25) is 4.72 Å². The molecule has 1 aromatic rings. The van der Waals surface area contributed by atoms with Crippen LogP contribution >= 0.6 is 0 Å². The third kappa shape index (κ3) is 5.05. The Bertz CT molecular complexity index is 655. The number of aryl methyl sites for hydroxylation is 1. The molecule has 5 nitrogen and oxygen atoms in total. The van der Waals surface area contributed by atoms with Crippen LogP contribution in [0.4, 0.5) is 5.69 Å². The van der Waals surface area contributed by atoms with Gasteiger partial charge in [0.2, 0.25) is 0 Å². The smallest absolute Gasteiger partial charge is 0.299 e. The second-order valence-electron chi connectivity index (χ2n) is 5.00. The summed E-state index contributed by atoms with van der Waals surface area (Å²) in [4.78, 5) is 0. The van der Waals surface area contributed by atoms with Gasteiger partial charge in [-0.25, -0.2) is 0 Å². The molecule has 1 aliphatic carbocycles. The van der Waals surface area contributed by atoms with E-state index < -0.39 is 10.2 Å². The minimum Gasteiger partial charge on any atom is -0.395 e. The normalized spacial score (nSPS) is 14.4. The standard InChI is InChI=1S/C15H20N2O3S/c1-2-13-11-12(5-3-4-10-18)6-9-15(13)17-21(19,20)16-14-7-8-14/h6,9,11,14,16-18H,2,4,7-8,10H2,1H3. The molecule has 1 aromatic carbocycles. The molecule has 0 radical (unpaired) electrons. The topological polar surface area (TPSA) is 78.4 Å². The molecule has 0 spiro atoms. The van der Waals surface area contributed by atoms with Gasteiger partial charge in [0.1, 0.15) is 0 Å². The van der Waals surface area contributed by atoms with E-state index in [0.29, 0.717) is 18.5 Å². The molecule has 0 heterocycles. The van der Waals surface area contributed by atoms with Crippen molar-refractivity contribution in [3.8, 4) is 11.8 Å². The van der Waals surface area contributed by atoms with Gasteiger partial charge in [-0.2, -0.15) is 13.1 Å². The monoisotopic (exact) mass is 308 g/mol. The lowest BCUT2D eigenvalue weighted by Crippen LogP contribution is -2.32. The number of nitrogens with one attached hydrogen (secondary N) is 2. The molecule has 0 amide bonds. The molecule has 1 aliphatic rings. The van der Waals surface area contributed by atoms with Crippen molar-refractivity contribution < 1.29 is 13.5 Å². The van der Waals surface area contributed by atoms with Crippen LogP contribution < -0.4 is 9.44 Å². The lowest BCUT2D eigenvalue weighted by atomic mass is 10.1. The van der Waals surface area contributed by atoms with Crippen LogP contribution in [0.5, 0.6) is 0 Å². The summed E-state index contributed by atoms with van der Waals surface area (Å²) in [6, 6.07) is 5.46. The highest BCUT2D eigenvalue weighted by molar-refractivity contribution is 7.90. The fraction of sp³-hybridized carbons (Fsp3) is 0.467. The maximum absolute atomic E-state index is 11.9. The molecule has 0 aliphatic heterocycles. The molecule has 114 valence electrons. The zero-order valence-corrected chi connectivity index (χ0v) is 12.8. The maximum atomic E-state index is 11.9. The predicted octanol–water partition coefficient (Wildman–Crippen LogP) is 1.39. The van der Waals surface area contributed by atoms with Gasteiger partial charge in [0, 0.05) is 18.0 Å². The Kier molecular flexibility index (Phi) is 5.23. The van der Waals surface area contributed by atoms with Crippen LogP contribution in [-0.4, -0.2) is 26.2 Å². The zero-order valence-electron chi connectivity index (χ0n) is 12.0. The van der Waals surface area contributed by atoms with Crippen LogP contribution in [0.1, 0.15) is 37.3 Å². The van der Waals surface area contributed by atoms with E-state index in [1.807, 2.05) is 13.0 Å². The average Bonchev–Trinajstić information content (AvgIpc) is 3.23. The number of hydrogen-bond donors (Lipinski definition) is 3. The highest BCUT2D eigenvalue weighted by Crippen LogP contribution is 2.22. The summed E-state index contributed by atoms with van der Waals surface area (Å²) >= 11 is 0. The van der Waals surface area contributed by atoms with Crippen molar-refractivity contribution in [1.29, 1.82) is 0 Å². The minimum atomic E-state index is -3.51. The van der Waals surface area contributed by atoms with Gasteiger partial charge in [-0.1, -0.05) is 18.8 Å². The molecule has 0 aromatic heterocycles. The van der Waals surface area contributed by atoms with Gasteiger partial charge in [-0.15, -0.1) is 0 Å². The molecule has 1 fully saturated rings. The SMILES string of the molecule is CCc1cc(C#CCCO)ccc1NS(=O)(=O)NC1CC1. The first kappa shape index (κ1) is 15.8. The van der Waals surface area contributed by atoms with E-state index in [2.05, 4.69) is 21.3 Å². The maximum Gasteiger partial charge on any atom is 0.299 e. The first-order valence-corrected chi connectivity index (χ1v) is 8.55. The fourth-order valence-corrected chi connectivity index (χ4v) is 3.10. The Morgan fingerprint density at radius 3 is 2.76 bits per heavy atom. The van der Waals surface area contributed by atoms with Crippen LogP contribution in [-0.2, 0) is 16.6 Å². The molecule has 3 N–H and O–H groups in total.